The lowest BCUT2D eigenvalue weighted by Gasteiger charge is -2.10. The van der Waals surface area contributed by atoms with Crippen LogP contribution in [0.25, 0.3) is 16.3 Å². The number of thiazole rings is 1. The third-order valence-electron chi connectivity index (χ3n) is 4.54. The number of thiophene rings is 1. The first-order valence-corrected chi connectivity index (χ1v) is 11.4. The summed E-state index contributed by atoms with van der Waals surface area (Å²) in [5.74, 6) is -0.503. The SMILES string of the molecule is Cc1ccc2nc(N(/N=C/c3ccc([N+](=O)[O-])s3)C(=O)/C=C/c3ccc([N+](=O)[O-])cc3)sc2c1. The average molecular weight is 494 g/mol. The molecule has 34 heavy (non-hydrogen) atoms. The van der Waals surface area contributed by atoms with E-state index in [0.29, 0.717) is 21.1 Å². The molecule has 0 spiro atoms. The highest BCUT2D eigenvalue weighted by Gasteiger charge is 2.18. The van der Waals surface area contributed by atoms with Gasteiger partial charge in [0.05, 0.1) is 31.2 Å². The van der Waals surface area contributed by atoms with Crippen LogP contribution in [-0.2, 0) is 4.79 Å². The molecule has 0 fully saturated rings. The van der Waals surface area contributed by atoms with Crippen molar-refractivity contribution in [1.82, 2.24) is 4.98 Å². The minimum atomic E-state index is -0.503. The number of amides is 1. The maximum absolute atomic E-state index is 13.0. The molecule has 4 rings (SSSR count). The largest absolute Gasteiger partial charge is 0.324 e. The number of fused-ring (bicyclic) bond motifs is 1. The molecule has 10 nitrogen and oxygen atoms in total. The fourth-order valence-electron chi connectivity index (χ4n) is 2.88. The second-order valence-electron chi connectivity index (χ2n) is 6.98. The Kier molecular flexibility index (Phi) is 6.52. The number of nitro groups is 2. The number of anilines is 1. The van der Waals surface area contributed by atoms with E-state index in [1.165, 1.54) is 60.0 Å². The van der Waals surface area contributed by atoms with Crippen molar-refractivity contribution in [3.8, 4) is 0 Å². The Balaban J connectivity index is 1.65. The van der Waals surface area contributed by atoms with Crippen molar-refractivity contribution in [1.29, 1.82) is 0 Å². The normalized spacial score (nSPS) is 11.4. The number of aromatic nitrogens is 1. The Bertz CT molecular complexity index is 1460. The molecule has 0 saturated heterocycles. The molecule has 0 aliphatic rings. The van der Waals surface area contributed by atoms with Crippen molar-refractivity contribution in [3.63, 3.8) is 0 Å². The molecule has 0 bridgehead atoms. The Hall–Kier alpha value is -4.29. The third-order valence-corrected chi connectivity index (χ3v) is 6.50. The van der Waals surface area contributed by atoms with Crippen molar-refractivity contribution < 1.29 is 14.6 Å². The van der Waals surface area contributed by atoms with Crippen LogP contribution in [0.4, 0.5) is 15.8 Å². The van der Waals surface area contributed by atoms with Gasteiger partial charge in [-0.1, -0.05) is 28.7 Å². The van der Waals surface area contributed by atoms with E-state index in [0.717, 1.165) is 26.6 Å². The summed E-state index contributed by atoms with van der Waals surface area (Å²) in [6.45, 7) is 1.95. The molecule has 1 amide bonds. The number of hydrazone groups is 1. The van der Waals surface area contributed by atoms with Crippen LogP contribution in [0.15, 0.2) is 65.8 Å². The second kappa shape index (κ2) is 9.68. The van der Waals surface area contributed by atoms with Gasteiger partial charge in [-0.3, -0.25) is 25.0 Å². The summed E-state index contributed by atoms with van der Waals surface area (Å²) in [5, 5.41) is 27.4. The average Bonchev–Trinajstić information content (AvgIpc) is 3.45. The molecular weight excluding hydrogens is 478 g/mol. The van der Waals surface area contributed by atoms with Crippen molar-refractivity contribution in [3.05, 3.63) is 96.9 Å². The molecule has 4 aromatic rings. The fourth-order valence-corrected chi connectivity index (χ4v) is 4.60. The van der Waals surface area contributed by atoms with E-state index in [1.54, 1.807) is 6.07 Å². The van der Waals surface area contributed by atoms with Gasteiger partial charge >= 0.3 is 5.00 Å². The highest BCUT2D eigenvalue weighted by atomic mass is 32.1. The van der Waals surface area contributed by atoms with Crippen LogP contribution in [0.2, 0.25) is 0 Å². The summed E-state index contributed by atoms with van der Waals surface area (Å²) in [5.41, 5.74) is 2.30. The predicted octanol–water partition coefficient (Wildman–Crippen LogP) is 5.56. The first-order chi connectivity index (χ1) is 16.3. The standard InChI is InChI=1S/C22H15N5O5S2/c1-14-2-9-18-19(12-14)34-22(24-18)25(23-13-17-8-11-21(33-17)27(31)32)20(28)10-5-15-3-6-16(7-4-15)26(29)30/h2-13H,1H3/b10-5+,23-13+. The molecule has 0 unspecified atom stereocenters. The zero-order valence-corrected chi connectivity index (χ0v) is 19.2. The number of hydrogen-bond acceptors (Lipinski definition) is 9. The highest BCUT2D eigenvalue weighted by Crippen LogP contribution is 2.30. The van der Waals surface area contributed by atoms with Crippen molar-refractivity contribution in [2.45, 2.75) is 6.92 Å². The van der Waals surface area contributed by atoms with Gasteiger partial charge in [-0.05, 0) is 54.5 Å². The zero-order chi connectivity index (χ0) is 24.2. The minimum absolute atomic E-state index is 0.0344. The van der Waals surface area contributed by atoms with Gasteiger partial charge in [-0.15, -0.1) is 0 Å². The van der Waals surface area contributed by atoms with Crippen LogP contribution in [0.3, 0.4) is 0 Å². The highest BCUT2D eigenvalue weighted by molar-refractivity contribution is 7.22. The molecule has 170 valence electrons. The van der Waals surface area contributed by atoms with E-state index in [4.69, 9.17) is 0 Å². The van der Waals surface area contributed by atoms with Gasteiger partial charge < -0.3 is 0 Å². The lowest BCUT2D eigenvalue weighted by Crippen LogP contribution is -2.23. The van der Waals surface area contributed by atoms with E-state index in [1.807, 2.05) is 25.1 Å². The lowest BCUT2D eigenvalue weighted by atomic mass is 10.2. The molecule has 2 aromatic carbocycles. The Morgan fingerprint density at radius 2 is 1.79 bits per heavy atom. The minimum Gasteiger partial charge on any atom is -0.267 e. The monoisotopic (exact) mass is 493 g/mol. The van der Waals surface area contributed by atoms with E-state index in [2.05, 4.69) is 10.1 Å². The molecule has 0 radical (unpaired) electrons. The molecular formula is C22H15N5O5S2. The number of carbonyl (C=O) groups is 1. The maximum Gasteiger partial charge on any atom is 0.324 e. The molecule has 0 aliphatic carbocycles. The van der Waals surface area contributed by atoms with Crippen LogP contribution in [0, 0.1) is 27.2 Å². The number of non-ortho nitro benzene ring substituents is 1. The molecule has 2 aromatic heterocycles. The number of nitrogens with zero attached hydrogens (tertiary/aromatic N) is 5. The smallest absolute Gasteiger partial charge is 0.267 e. The van der Waals surface area contributed by atoms with Crippen LogP contribution in [0.5, 0.6) is 0 Å². The summed E-state index contributed by atoms with van der Waals surface area (Å²) in [6.07, 6.45) is 4.17. The first kappa shape index (κ1) is 22.9. The van der Waals surface area contributed by atoms with Crippen molar-refractivity contribution >= 4 is 66.9 Å². The first-order valence-electron chi connectivity index (χ1n) is 9.72. The quantitative estimate of drug-likeness (QED) is 0.143. The fraction of sp³-hybridized carbons (Fsp3) is 0.0455. The van der Waals surface area contributed by atoms with Crippen molar-refractivity contribution in [2.24, 2.45) is 5.10 Å². The van der Waals surface area contributed by atoms with E-state index < -0.39 is 15.8 Å². The van der Waals surface area contributed by atoms with Gasteiger partial charge in [-0.2, -0.15) is 10.1 Å². The molecule has 12 heteroatoms. The van der Waals surface area contributed by atoms with Gasteiger partial charge in [-0.25, -0.2) is 4.98 Å². The summed E-state index contributed by atoms with van der Waals surface area (Å²) < 4.78 is 0.883. The molecule has 0 N–H and O–H groups in total. The molecule has 0 aliphatic heterocycles. The van der Waals surface area contributed by atoms with Crippen LogP contribution in [0.1, 0.15) is 16.0 Å². The number of rotatable bonds is 7. The summed E-state index contributed by atoms with van der Waals surface area (Å²) in [7, 11) is 0. The Labute approximate surface area is 200 Å². The van der Waals surface area contributed by atoms with Gasteiger partial charge in [0.15, 0.2) is 0 Å². The lowest BCUT2D eigenvalue weighted by molar-refractivity contribution is -0.384. The summed E-state index contributed by atoms with van der Waals surface area (Å²) in [4.78, 5) is 38.8. The maximum atomic E-state index is 13.0. The number of aryl methyl sites for hydroxylation is 1. The van der Waals surface area contributed by atoms with Gasteiger partial charge in [0.2, 0.25) is 5.13 Å². The number of benzene rings is 2. The predicted molar refractivity (Wildman–Crippen MR) is 133 cm³/mol. The molecule has 0 atom stereocenters. The van der Waals surface area contributed by atoms with Crippen LogP contribution < -0.4 is 5.01 Å². The molecule has 0 saturated carbocycles. The Morgan fingerprint density at radius 3 is 2.47 bits per heavy atom. The van der Waals surface area contributed by atoms with E-state index in [-0.39, 0.29) is 10.7 Å². The molecule has 2 heterocycles. The van der Waals surface area contributed by atoms with Crippen LogP contribution in [-0.4, -0.2) is 27.0 Å². The summed E-state index contributed by atoms with van der Waals surface area (Å²) >= 11 is 2.22. The number of nitro benzene ring substituents is 1. The summed E-state index contributed by atoms with van der Waals surface area (Å²) in [6, 6.07) is 14.4. The Morgan fingerprint density at radius 1 is 1.03 bits per heavy atom. The van der Waals surface area contributed by atoms with Gasteiger partial charge in [0.1, 0.15) is 0 Å². The number of hydrogen-bond donors (Lipinski definition) is 0. The van der Waals surface area contributed by atoms with Gasteiger partial charge in [0, 0.05) is 24.3 Å². The zero-order valence-electron chi connectivity index (χ0n) is 17.5. The topological polar surface area (TPSA) is 132 Å². The van der Waals surface area contributed by atoms with E-state index >= 15 is 0 Å². The van der Waals surface area contributed by atoms with Gasteiger partial charge in [0.25, 0.3) is 11.6 Å². The second-order valence-corrected chi connectivity index (χ2v) is 9.08. The van der Waals surface area contributed by atoms with Crippen LogP contribution >= 0.6 is 22.7 Å². The third kappa shape index (κ3) is 5.19. The van der Waals surface area contributed by atoms with Crippen molar-refractivity contribution in [2.75, 3.05) is 5.01 Å². The number of carbonyl (C=O) groups excluding carboxylic acids is 1. The van der Waals surface area contributed by atoms with E-state index in [9.17, 15) is 25.0 Å².